The summed E-state index contributed by atoms with van der Waals surface area (Å²) in [5.74, 6) is 0. The molecule has 0 saturated carbocycles. The molecule has 5 heterocycles. The first-order valence-corrected chi connectivity index (χ1v) is 13.3. The fourth-order valence-electron chi connectivity index (χ4n) is 5.24. The summed E-state index contributed by atoms with van der Waals surface area (Å²) in [5.41, 5.74) is 10.9. The van der Waals surface area contributed by atoms with E-state index in [0.29, 0.717) is 16.9 Å². The summed E-state index contributed by atoms with van der Waals surface area (Å²) in [6.07, 6.45) is 7.34. The molecule has 3 N–H and O–H groups in total. The molecule has 7 rings (SSSR count). The number of aromatic amines is 2. The fourth-order valence-corrected chi connectivity index (χ4v) is 5.24. The van der Waals surface area contributed by atoms with Crippen molar-refractivity contribution in [2.75, 3.05) is 12.4 Å². The second-order valence-electron chi connectivity index (χ2n) is 9.70. The first-order valence-electron chi connectivity index (χ1n) is 13.3. The van der Waals surface area contributed by atoms with Gasteiger partial charge in [0.05, 0.1) is 41.1 Å². The van der Waals surface area contributed by atoms with Gasteiger partial charge in [-0.15, -0.1) is 0 Å². The van der Waals surface area contributed by atoms with E-state index in [2.05, 4.69) is 45.6 Å². The summed E-state index contributed by atoms with van der Waals surface area (Å²) in [6.45, 7) is 0. The molecule has 7 heteroatoms. The van der Waals surface area contributed by atoms with E-state index in [0.717, 1.165) is 55.9 Å². The number of rotatable bonds is 3. The van der Waals surface area contributed by atoms with Gasteiger partial charge in [0, 0.05) is 27.7 Å². The van der Waals surface area contributed by atoms with E-state index in [4.69, 9.17) is 14.7 Å². The Balaban J connectivity index is 1.62. The number of H-pyrrole nitrogens is 2. The number of carbonyl (C=O) groups excluding carboxylic acids is 1. The summed E-state index contributed by atoms with van der Waals surface area (Å²) in [4.78, 5) is 29.6. The third-order valence-corrected chi connectivity index (χ3v) is 7.11. The molecular formula is C34H25N5O2. The Kier molecular flexibility index (Phi) is 6.02. The standard InChI is InChI=1S/C34H25N5O2/c1-41-34(40)39-33-29-18-16-27(37-29)31(21-8-4-2-5-9-21)25-14-12-23(35-25)20-24-13-15-26(36-24)32(22-10-6-3-7-11-22)28-17-19-30(33)38-28/h2-20,35,38H,1H3,(H,39,40). The minimum absolute atomic E-state index is 0.512. The first kappa shape index (κ1) is 24.4. The van der Waals surface area contributed by atoms with Crippen molar-refractivity contribution in [3.8, 4) is 22.3 Å². The van der Waals surface area contributed by atoms with Crippen LogP contribution in [-0.2, 0) is 4.74 Å². The number of nitrogens with one attached hydrogen (secondary N) is 3. The number of anilines is 1. The monoisotopic (exact) mass is 535 g/mol. The van der Waals surface area contributed by atoms with Crippen LogP contribution in [0.4, 0.5) is 10.5 Å². The molecule has 0 aliphatic carbocycles. The highest BCUT2D eigenvalue weighted by molar-refractivity contribution is 5.99. The predicted octanol–water partition coefficient (Wildman–Crippen LogP) is 8.17. The van der Waals surface area contributed by atoms with E-state index in [-0.39, 0.29) is 0 Å². The Labute approximate surface area is 235 Å². The van der Waals surface area contributed by atoms with Crippen molar-refractivity contribution in [3.63, 3.8) is 0 Å². The lowest BCUT2D eigenvalue weighted by atomic mass is 10.0. The fraction of sp³-hybridized carbons (Fsp3) is 0.0294. The smallest absolute Gasteiger partial charge is 0.411 e. The highest BCUT2D eigenvalue weighted by Crippen LogP contribution is 2.34. The Morgan fingerprint density at radius 3 is 1.95 bits per heavy atom. The number of hydrogen-bond acceptors (Lipinski definition) is 4. The molecule has 8 bridgehead atoms. The third-order valence-electron chi connectivity index (χ3n) is 7.11. The zero-order chi connectivity index (χ0) is 27.8. The van der Waals surface area contributed by atoms with E-state index in [9.17, 15) is 4.79 Å². The summed E-state index contributed by atoms with van der Waals surface area (Å²) in [5, 5.41) is 2.89. The number of carbonyl (C=O) groups is 1. The van der Waals surface area contributed by atoms with E-state index in [1.807, 2.05) is 85.0 Å². The highest BCUT2D eigenvalue weighted by Gasteiger charge is 2.17. The van der Waals surface area contributed by atoms with Crippen molar-refractivity contribution in [3.05, 3.63) is 114 Å². The lowest BCUT2D eigenvalue weighted by molar-refractivity contribution is 0.187. The van der Waals surface area contributed by atoms with Gasteiger partial charge in [-0.25, -0.2) is 14.8 Å². The van der Waals surface area contributed by atoms with Gasteiger partial charge >= 0.3 is 6.09 Å². The zero-order valence-electron chi connectivity index (χ0n) is 22.2. The Hall–Kier alpha value is -5.69. The van der Waals surface area contributed by atoms with Crippen molar-refractivity contribution < 1.29 is 9.53 Å². The van der Waals surface area contributed by atoms with E-state index in [1.165, 1.54) is 7.11 Å². The number of fused-ring (bicyclic) bond motifs is 8. The minimum Gasteiger partial charge on any atom is -0.453 e. The average Bonchev–Trinajstić information content (AvgIpc) is 3.83. The van der Waals surface area contributed by atoms with Gasteiger partial charge in [-0.05, 0) is 65.8 Å². The quantitative estimate of drug-likeness (QED) is 0.213. The Morgan fingerprint density at radius 2 is 1.24 bits per heavy atom. The second-order valence-corrected chi connectivity index (χ2v) is 9.70. The van der Waals surface area contributed by atoms with Crippen LogP contribution in [0.15, 0.2) is 91.0 Å². The van der Waals surface area contributed by atoms with Crippen LogP contribution in [0.3, 0.4) is 0 Å². The van der Waals surface area contributed by atoms with Crippen LogP contribution in [0.25, 0.3) is 68.6 Å². The molecule has 198 valence electrons. The van der Waals surface area contributed by atoms with Gasteiger partial charge in [0.15, 0.2) is 0 Å². The molecule has 5 aromatic rings. The van der Waals surface area contributed by atoms with Crippen LogP contribution >= 0.6 is 0 Å². The second kappa shape index (κ2) is 10.1. The number of benzene rings is 2. The largest absolute Gasteiger partial charge is 0.453 e. The van der Waals surface area contributed by atoms with Gasteiger partial charge in [0.1, 0.15) is 0 Å². The SMILES string of the molecule is COC(=O)Nc1c2nc(c(-c3ccccc3)c3ccc(cc4nc(c(-c5ccccc5)c5ccc1[nH]5)C=C4)[nH]3)C=C2. The summed E-state index contributed by atoms with van der Waals surface area (Å²) in [6, 6.07) is 30.3. The number of hydrogen-bond donors (Lipinski definition) is 3. The molecule has 0 fully saturated rings. The molecule has 2 aliphatic heterocycles. The van der Waals surface area contributed by atoms with Crippen LogP contribution in [0.2, 0.25) is 0 Å². The third kappa shape index (κ3) is 4.59. The molecule has 7 nitrogen and oxygen atoms in total. The van der Waals surface area contributed by atoms with Gasteiger partial charge in [0.25, 0.3) is 0 Å². The van der Waals surface area contributed by atoms with E-state index in [1.54, 1.807) is 0 Å². The number of aromatic nitrogens is 4. The molecule has 0 atom stereocenters. The molecular weight excluding hydrogens is 510 g/mol. The molecule has 0 unspecified atom stereocenters. The summed E-state index contributed by atoms with van der Waals surface area (Å²) < 4.78 is 4.97. The molecule has 1 amide bonds. The number of nitrogens with zero attached hydrogens (tertiary/aromatic N) is 2. The molecule has 41 heavy (non-hydrogen) atoms. The zero-order valence-corrected chi connectivity index (χ0v) is 22.2. The van der Waals surface area contributed by atoms with Crippen molar-refractivity contribution in [1.82, 2.24) is 19.9 Å². The van der Waals surface area contributed by atoms with Crippen molar-refractivity contribution in [2.45, 2.75) is 0 Å². The summed E-state index contributed by atoms with van der Waals surface area (Å²) >= 11 is 0. The molecule has 0 radical (unpaired) electrons. The maximum absolute atomic E-state index is 12.5. The van der Waals surface area contributed by atoms with Gasteiger partial charge < -0.3 is 14.7 Å². The van der Waals surface area contributed by atoms with E-state index >= 15 is 0 Å². The maximum Gasteiger partial charge on any atom is 0.411 e. The lowest BCUT2D eigenvalue weighted by Crippen LogP contribution is -2.12. The first-order chi connectivity index (χ1) is 20.2. The lowest BCUT2D eigenvalue weighted by Gasteiger charge is -2.06. The molecule has 3 aromatic heterocycles. The van der Waals surface area contributed by atoms with Gasteiger partial charge in [0.2, 0.25) is 0 Å². The topological polar surface area (TPSA) is 95.7 Å². The minimum atomic E-state index is -0.582. The van der Waals surface area contributed by atoms with Gasteiger partial charge in [-0.1, -0.05) is 60.7 Å². The van der Waals surface area contributed by atoms with Crippen LogP contribution < -0.4 is 5.32 Å². The van der Waals surface area contributed by atoms with Gasteiger partial charge in [-0.2, -0.15) is 0 Å². The number of ether oxygens (including phenoxy) is 1. The Bertz CT molecular complexity index is 1980. The molecule has 2 aliphatic rings. The number of methoxy groups -OCH3 is 1. The normalized spacial score (nSPS) is 11.9. The Morgan fingerprint density at radius 1 is 0.659 bits per heavy atom. The molecule has 2 aromatic carbocycles. The van der Waals surface area contributed by atoms with Crippen LogP contribution in [0.5, 0.6) is 0 Å². The predicted molar refractivity (Wildman–Crippen MR) is 166 cm³/mol. The van der Waals surface area contributed by atoms with E-state index < -0.39 is 6.09 Å². The van der Waals surface area contributed by atoms with Crippen molar-refractivity contribution in [2.24, 2.45) is 0 Å². The number of amides is 1. The molecule has 0 spiro atoms. The van der Waals surface area contributed by atoms with Crippen LogP contribution in [-0.4, -0.2) is 33.1 Å². The van der Waals surface area contributed by atoms with Crippen molar-refractivity contribution in [1.29, 1.82) is 0 Å². The highest BCUT2D eigenvalue weighted by atomic mass is 16.5. The van der Waals surface area contributed by atoms with Crippen LogP contribution in [0.1, 0.15) is 22.8 Å². The maximum atomic E-state index is 12.5. The van der Waals surface area contributed by atoms with Crippen LogP contribution in [0, 0.1) is 0 Å². The average molecular weight is 536 g/mol. The van der Waals surface area contributed by atoms with Gasteiger partial charge in [-0.3, -0.25) is 5.32 Å². The molecule has 0 saturated heterocycles. The summed E-state index contributed by atoms with van der Waals surface area (Å²) in [7, 11) is 1.34. The van der Waals surface area contributed by atoms with Crippen molar-refractivity contribution >= 4 is 58.2 Å².